The molecule has 1 fully saturated rings. The summed E-state index contributed by atoms with van der Waals surface area (Å²) in [7, 11) is 1.59. The number of amides is 2. The van der Waals surface area contributed by atoms with Crippen molar-refractivity contribution >= 4 is 11.8 Å². The molecule has 0 bridgehead atoms. The van der Waals surface area contributed by atoms with Gasteiger partial charge in [0.2, 0.25) is 5.91 Å². The van der Waals surface area contributed by atoms with Crippen LogP contribution in [0.5, 0.6) is 0 Å². The Bertz CT molecular complexity index is 891. The van der Waals surface area contributed by atoms with Crippen molar-refractivity contribution in [2.75, 3.05) is 26.8 Å². The van der Waals surface area contributed by atoms with E-state index in [0.29, 0.717) is 37.2 Å². The van der Waals surface area contributed by atoms with Gasteiger partial charge in [0.15, 0.2) is 0 Å². The van der Waals surface area contributed by atoms with E-state index < -0.39 is 5.41 Å². The Balaban J connectivity index is 1.72. The number of nitrogens with one attached hydrogen (secondary N) is 2. The minimum atomic E-state index is -0.582. The van der Waals surface area contributed by atoms with Gasteiger partial charge in [0.25, 0.3) is 5.91 Å². The summed E-state index contributed by atoms with van der Waals surface area (Å²) in [5.41, 5.74) is 1.59. The number of hydrogen-bond donors (Lipinski definition) is 2. The molecule has 2 aromatic carbocycles. The summed E-state index contributed by atoms with van der Waals surface area (Å²) < 4.78 is 5.48. The largest absolute Gasteiger partial charge is 0.381 e. The summed E-state index contributed by atoms with van der Waals surface area (Å²) >= 11 is 0. The lowest BCUT2D eigenvalue weighted by Crippen LogP contribution is -2.48. The zero-order chi connectivity index (χ0) is 19.8. The molecule has 2 N–H and O–H groups in total. The van der Waals surface area contributed by atoms with Crippen LogP contribution in [0.4, 0.5) is 0 Å². The number of benzene rings is 2. The molecule has 1 aliphatic rings. The average molecular weight is 376 g/mol. The SMILES string of the molecule is CNC(=O)c1ccccc1C#CCNC(=O)C1(c2ccccc2)CCOCC1. The number of carbonyl (C=O) groups excluding carboxylic acids is 2. The molecule has 0 spiro atoms. The van der Waals surface area contributed by atoms with Crippen LogP contribution in [-0.4, -0.2) is 38.6 Å². The van der Waals surface area contributed by atoms with Crippen molar-refractivity contribution in [2.45, 2.75) is 18.3 Å². The first-order chi connectivity index (χ1) is 13.7. The van der Waals surface area contributed by atoms with E-state index in [1.54, 1.807) is 25.2 Å². The van der Waals surface area contributed by atoms with E-state index in [2.05, 4.69) is 22.5 Å². The van der Waals surface area contributed by atoms with E-state index in [9.17, 15) is 9.59 Å². The second-order valence-corrected chi connectivity index (χ2v) is 6.67. The molecule has 1 heterocycles. The van der Waals surface area contributed by atoms with Gasteiger partial charge in [0.05, 0.1) is 17.5 Å². The molecule has 1 saturated heterocycles. The van der Waals surface area contributed by atoms with Gasteiger partial charge in [-0.3, -0.25) is 9.59 Å². The van der Waals surface area contributed by atoms with Crippen molar-refractivity contribution in [1.29, 1.82) is 0 Å². The van der Waals surface area contributed by atoms with E-state index in [1.165, 1.54) is 0 Å². The molecule has 0 radical (unpaired) electrons. The Kier molecular flexibility index (Phi) is 6.46. The topological polar surface area (TPSA) is 67.4 Å². The second-order valence-electron chi connectivity index (χ2n) is 6.67. The third kappa shape index (κ3) is 4.24. The highest BCUT2D eigenvalue weighted by molar-refractivity contribution is 5.96. The number of carbonyl (C=O) groups is 2. The van der Waals surface area contributed by atoms with Crippen LogP contribution in [0.2, 0.25) is 0 Å². The molecule has 1 aliphatic heterocycles. The first-order valence-corrected chi connectivity index (χ1v) is 9.39. The van der Waals surface area contributed by atoms with Crippen molar-refractivity contribution in [2.24, 2.45) is 0 Å². The Morgan fingerprint density at radius 1 is 1.04 bits per heavy atom. The highest BCUT2D eigenvalue weighted by Gasteiger charge is 2.41. The Hall–Kier alpha value is -3.10. The standard InChI is InChI=1S/C23H24N2O3/c1-24-21(26)20-12-6-5-8-18(20)9-7-15-25-22(27)23(13-16-28-17-14-23)19-10-3-2-4-11-19/h2-6,8,10-12H,13-17H2,1H3,(H,24,26)(H,25,27). The molecule has 5 nitrogen and oxygen atoms in total. The van der Waals surface area contributed by atoms with Gasteiger partial charge in [-0.2, -0.15) is 0 Å². The summed E-state index contributed by atoms with van der Waals surface area (Å²) in [6.45, 7) is 1.34. The van der Waals surface area contributed by atoms with E-state index in [4.69, 9.17) is 4.74 Å². The van der Waals surface area contributed by atoms with E-state index in [1.807, 2.05) is 36.4 Å². The molecule has 2 aromatic rings. The van der Waals surface area contributed by atoms with Gasteiger partial charge in [-0.1, -0.05) is 54.3 Å². The van der Waals surface area contributed by atoms with E-state index >= 15 is 0 Å². The molecule has 5 heteroatoms. The van der Waals surface area contributed by atoms with Gasteiger partial charge >= 0.3 is 0 Å². The molecule has 0 atom stereocenters. The molecule has 0 aliphatic carbocycles. The molecular formula is C23H24N2O3. The maximum atomic E-state index is 13.1. The minimum Gasteiger partial charge on any atom is -0.381 e. The fourth-order valence-electron chi connectivity index (χ4n) is 3.48. The van der Waals surface area contributed by atoms with Crippen molar-refractivity contribution < 1.29 is 14.3 Å². The highest BCUT2D eigenvalue weighted by Crippen LogP contribution is 2.35. The first-order valence-electron chi connectivity index (χ1n) is 9.39. The van der Waals surface area contributed by atoms with Gasteiger partial charge in [0.1, 0.15) is 0 Å². The average Bonchev–Trinajstić information content (AvgIpc) is 2.77. The lowest BCUT2D eigenvalue weighted by molar-refractivity contribution is -0.130. The van der Waals surface area contributed by atoms with Crippen molar-refractivity contribution in [3.8, 4) is 11.8 Å². The van der Waals surface area contributed by atoms with E-state index in [0.717, 1.165) is 5.56 Å². The molecule has 144 valence electrons. The Morgan fingerprint density at radius 2 is 1.71 bits per heavy atom. The normalized spacial score (nSPS) is 15.0. The minimum absolute atomic E-state index is 0.0316. The molecule has 0 saturated carbocycles. The van der Waals surface area contributed by atoms with Crippen LogP contribution in [0.1, 0.15) is 34.3 Å². The zero-order valence-corrected chi connectivity index (χ0v) is 16.0. The second kappa shape index (κ2) is 9.20. The van der Waals surface area contributed by atoms with Crippen LogP contribution in [-0.2, 0) is 14.9 Å². The van der Waals surface area contributed by atoms with Gasteiger partial charge in [-0.05, 0) is 30.5 Å². The van der Waals surface area contributed by atoms with Crippen LogP contribution < -0.4 is 10.6 Å². The quantitative estimate of drug-likeness (QED) is 0.805. The van der Waals surface area contributed by atoms with Crippen LogP contribution in [0.25, 0.3) is 0 Å². The van der Waals surface area contributed by atoms with Crippen molar-refractivity contribution in [1.82, 2.24) is 10.6 Å². The molecule has 2 amide bonds. The van der Waals surface area contributed by atoms with Crippen molar-refractivity contribution in [3.63, 3.8) is 0 Å². The maximum Gasteiger partial charge on any atom is 0.252 e. The van der Waals surface area contributed by atoms with Gasteiger partial charge in [-0.25, -0.2) is 0 Å². The smallest absolute Gasteiger partial charge is 0.252 e. The predicted octanol–water partition coefficient (Wildman–Crippen LogP) is 2.26. The number of ether oxygens (including phenoxy) is 1. The number of rotatable bonds is 4. The zero-order valence-electron chi connectivity index (χ0n) is 16.0. The lowest BCUT2D eigenvalue weighted by atomic mass is 9.73. The van der Waals surface area contributed by atoms with Gasteiger partial charge in [0, 0.05) is 25.8 Å². The third-order valence-electron chi connectivity index (χ3n) is 5.07. The van der Waals surface area contributed by atoms with E-state index in [-0.39, 0.29) is 18.4 Å². The third-order valence-corrected chi connectivity index (χ3v) is 5.07. The monoisotopic (exact) mass is 376 g/mol. The predicted molar refractivity (Wildman–Crippen MR) is 108 cm³/mol. The number of hydrogen-bond acceptors (Lipinski definition) is 3. The molecule has 0 aromatic heterocycles. The first kappa shape index (κ1) is 19.7. The fraction of sp³-hybridized carbons (Fsp3) is 0.304. The van der Waals surface area contributed by atoms with Crippen LogP contribution in [0, 0.1) is 11.8 Å². The maximum absolute atomic E-state index is 13.1. The van der Waals surface area contributed by atoms with Crippen LogP contribution in [0.15, 0.2) is 54.6 Å². The Labute approximate surface area is 165 Å². The summed E-state index contributed by atoms with van der Waals surface area (Å²) in [6, 6.07) is 17.0. The molecule has 0 unspecified atom stereocenters. The summed E-state index contributed by atoms with van der Waals surface area (Å²) in [5.74, 6) is 5.74. The molecular weight excluding hydrogens is 352 g/mol. The van der Waals surface area contributed by atoms with Crippen LogP contribution in [0.3, 0.4) is 0 Å². The highest BCUT2D eigenvalue weighted by atomic mass is 16.5. The molecule has 28 heavy (non-hydrogen) atoms. The summed E-state index contributed by atoms with van der Waals surface area (Å²) in [6.07, 6.45) is 1.30. The molecule has 3 rings (SSSR count). The summed E-state index contributed by atoms with van der Waals surface area (Å²) in [5, 5.41) is 5.56. The van der Waals surface area contributed by atoms with Crippen molar-refractivity contribution in [3.05, 3.63) is 71.3 Å². The fourth-order valence-corrected chi connectivity index (χ4v) is 3.48. The Morgan fingerprint density at radius 3 is 2.43 bits per heavy atom. The van der Waals surface area contributed by atoms with Gasteiger partial charge in [-0.15, -0.1) is 0 Å². The lowest BCUT2D eigenvalue weighted by Gasteiger charge is -2.36. The van der Waals surface area contributed by atoms with Gasteiger partial charge < -0.3 is 15.4 Å². The van der Waals surface area contributed by atoms with Crippen LogP contribution >= 0.6 is 0 Å². The summed E-state index contributed by atoms with van der Waals surface area (Å²) in [4.78, 5) is 25.0.